The van der Waals surface area contributed by atoms with Crippen LogP contribution >= 0.6 is 11.8 Å². The molecule has 2 nitrogen and oxygen atoms in total. The van der Waals surface area contributed by atoms with E-state index in [2.05, 4.69) is 18.7 Å². The van der Waals surface area contributed by atoms with E-state index in [0.29, 0.717) is 11.3 Å². The van der Waals surface area contributed by atoms with E-state index in [0.717, 1.165) is 18.8 Å². The molecule has 4 heteroatoms. The minimum absolute atomic E-state index is 0.160. The predicted molar refractivity (Wildman–Crippen MR) is 75.8 cm³/mol. The van der Waals surface area contributed by atoms with E-state index >= 15 is 0 Å². The van der Waals surface area contributed by atoms with E-state index in [1.165, 1.54) is 6.07 Å². The largest absolute Gasteiger partial charge is 0.389 e. The molecule has 0 aromatic heterocycles. The Hall–Kier alpha value is -0.740. The van der Waals surface area contributed by atoms with Gasteiger partial charge in [0, 0.05) is 23.6 Å². The molecule has 1 aromatic carbocycles. The molecule has 0 aliphatic carbocycles. The lowest BCUT2D eigenvalue weighted by Gasteiger charge is -2.39. The maximum atomic E-state index is 14.1. The summed E-state index contributed by atoms with van der Waals surface area (Å²) < 4.78 is 14.2. The van der Waals surface area contributed by atoms with Crippen LogP contribution in [0, 0.1) is 5.82 Å². The Bertz CT molecular complexity index is 434. The highest BCUT2D eigenvalue weighted by Crippen LogP contribution is 2.33. The first-order chi connectivity index (χ1) is 8.39. The van der Waals surface area contributed by atoms with E-state index in [9.17, 15) is 9.50 Å². The number of hydrogen-bond acceptors (Lipinski definition) is 3. The fraction of sp³-hybridized carbons (Fsp3) is 0.571. The Labute approximate surface area is 112 Å². The molecule has 1 atom stereocenters. The lowest BCUT2D eigenvalue weighted by molar-refractivity contribution is 0.199. The van der Waals surface area contributed by atoms with Crippen LogP contribution in [0.25, 0.3) is 0 Å². The van der Waals surface area contributed by atoms with Gasteiger partial charge >= 0.3 is 0 Å². The Morgan fingerprint density at radius 2 is 2.17 bits per heavy atom. The number of halogens is 1. The highest BCUT2D eigenvalue weighted by atomic mass is 32.2. The van der Waals surface area contributed by atoms with Crippen molar-refractivity contribution in [2.75, 3.05) is 23.7 Å². The summed E-state index contributed by atoms with van der Waals surface area (Å²) in [4.78, 5) is 2.09. The first-order valence-corrected chi connectivity index (χ1v) is 7.24. The summed E-state index contributed by atoms with van der Waals surface area (Å²) in [6.45, 7) is 7.74. The van der Waals surface area contributed by atoms with Crippen LogP contribution in [0.15, 0.2) is 18.2 Å². The standard InChI is InChI=1S/C14H20FNOS/c1-10(17)11-4-5-13(12(15)8-11)16-6-7-18-14(2,3)9-16/h4-5,8,10,17H,6-7,9H2,1-3H3. The van der Waals surface area contributed by atoms with Gasteiger partial charge in [-0.25, -0.2) is 4.39 Å². The predicted octanol–water partition coefficient (Wildman–Crippen LogP) is 3.21. The molecular formula is C14H20FNOS. The summed E-state index contributed by atoms with van der Waals surface area (Å²) in [7, 11) is 0. The lowest BCUT2D eigenvalue weighted by Crippen LogP contribution is -2.43. The van der Waals surface area contributed by atoms with Crippen LogP contribution in [0.3, 0.4) is 0 Å². The van der Waals surface area contributed by atoms with Gasteiger partial charge in [0.1, 0.15) is 5.82 Å². The van der Waals surface area contributed by atoms with Crippen molar-refractivity contribution in [3.8, 4) is 0 Å². The third-order valence-electron chi connectivity index (χ3n) is 3.22. The Kier molecular flexibility index (Phi) is 3.87. The topological polar surface area (TPSA) is 23.5 Å². The number of thioether (sulfide) groups is 1. The van der Waals surface area contributed by atoms with E-state index in [1.54, 1.807) is 19.1 Å². The molecule has 2 rings (SSSR count). The number of aliphatic hydroxyl groups is 1. The zero-order valence-corrected chi connectivity index (χ0v) is 11.9. The van der Waals surface area contributed by atoms with Crippen molar-refractivity contribution in [3.63, 3.8) is 0 Å². The van der Waals surface area contributed by atoms with Crippen molar-refractivity contribution in [1.29, 1.82) is 0 Å². The first kappa shape index (κ1) is 13.7. The van der Waals surface area contributed by atoms with Crippen molar-refractivity contribution >= 4 is 17.4 Å². The van der Waals surface area contributed by atoms with Crippen molar-refractivity contribution in [2.24, 2.45) is 0 Å². The number of anilines is 1. The van der Waals surface area contributed by atoms with E-state index in [1.807, 2.05) is 11.8 Å². The van der Waals surface area contributed by atoms with E-state index in [4.69, 9.17) is 0 Å². The SMILES string of the molecule is CC(O)c1ccc(N2CCSC(C)(C)C2)c(F)c1. The smallest absolute Gasteiger partial charge is 0.146 e. The summed E-state index contributed by atoms with van der Waals surface area (Å²) in [5.41, 5.74) is 1.27. The summed E-state index contributed by atoms with van der Waals surface area (Å²) in [5, 5.41) is 9.45. The quantitative estimate of drug-likeness (QED) is 0.892. The van der Waals surface area contributed by atoms with Crippen LogP contribution in [0.4, 0.5) is 10.1 Å². The zero-order chi connectivity index (χ0) is 13.3. The number of nitrogens with zero attached hydrogens (tertiary/aromatic N) is 1. The third kappa shape index (κ3) is 2.98. The minimum Gasteiger partial charge on any atom is -0.389 e. The molecule has 1 N–H and O–H groups in total. The molecule has 18 heavy (non-hydrogen) atoms. The Balaban J connectivity index is 2.23. The van der Waals surface area contributed by atoms with E-state index < -0.39 is 6.10 Å². The fourth-order valence-electron chi connectivity index (χ4n) is 2.26. The molecule has 0 radical (unpaired) electrons. The maximum Gasteiger partial charge on any atom is 0.146 e. The van der Waals surface area contributed by atoms with Gasteiger partial charge in [0.05, 0.1) is 11.8 Å². The van der Waals surface area contributed by atoms with Crippen molar-refractivity contribution in [3.05, 3.63) is 29.6 Å². The first-order valence-electron chi connectivity index (χ1n) is 6.25. The van der Waals surface area contributed by atoms with Gasteiger partial charge in [-0.2, -0.15) is 11.8 Å². The fourth-order valence-corrected chi connectivity index (χ4v) is 3.37. The average molecular weight is 269 g/mol. The average Bonchev–Trinajstić information content (AvgIpc) is 2.27. The lowest BCUT2D eigenvalue weighted by atomic mass is 10.1. The van der Waals surface area contributed by atoms with Crippen LogP contribution in [0.1, 0.15) is 32.4 Å². The molecule has 100 valence electrons. The molecule has 0 saturated carbocycles. The molecule has 1 fully saturated rings. The monoisotopic (exact) mass is 269 g/mol. The van der Waals surface area contributed by atoms with E-state index in [-0.39, 0.29) is 10.6 Å². The van der Waals surface area contributed by atoms with Gasteiger partial charge in [-0.1, -0.05) is 6.07 Å². The summed E-state index contributed by atoms with van der Waals surface area (Å²) in [6.07, 6.45) is -0.623. The molecule has 1 heterocycles. The van der Waals surface area contributed by atoms with Crippen molar-refractivity contribution in [2.45, 2.75) is 31.6 Å². The Morgan fingerprint density at radius 1 is 1.44 bits per heavy atom. The molecule has 0 spiro atoms. The van der Waals surface area contributed by atoms with Gasteiger partial charge < -0.3 is 10.0 Å². The van der Waals surface area contributed by atoms with Crippen molar-refractivity contribution < 1.29 is 9.50 Å². The van der Waals surface area contributed by atoms with Crippen molar-refractivity contribution in [1.82, 2.24) is 0 Å². The summed E-state index contributed by atoms with van der Waals surface area (Å²) in [5.74, 6) is 0.779. The van der Waals surface area contributed by atoms with Crippen LogP contribution in [0.5, 0.6) is 0 Å². The molecule has 1 aliphatic rings. The molecule has 1 aromatic rings. The summed E-state index contributed by atoms with van der Waals surface area (Å²) in [6, 6.07) is 5.02. The van der Waals surface area contributed by atoms with Crippen LogP contribution in [-0.4, -0.2) is 28.7 Å². The molecule has 1 aliphatic heterocycles. The Morgan fingerprint density at radius 3 is 2.72 bits per heavy atom. The van der Waals surface area contributed by atoms with Gasteiger partial charge in [-0.3, -0.25) is 0 Å². The number of hydrogen-bond donors (Lipinski definition) is 1. The second kappa shape index (κ2) is 5.10. The highest BCUT2D eigenvalue weighted by molar-refractivity contribution is 8.00. The second-order valence-corrected chi connectivity index (χ2v) is 7.22. The van der Waals surface area contributed by atoms with Crippen LogP contribution in [0.2, 0.25) is 0 Å². The number of benzene rings is 1. The van der Waals surface area contributed by atoms with Gasteiger partial charge in [0.25, 0.3) is 0 Å². The highest BCUT2D eigenvalue weighted by Gasteiger charge is 2.28. The summed E-state index contributed by atoms with van der Waals surface area (Å²) >= 11 is 1.93. The van der Waals surface area contributed by atoms with Gasteiger partial charge in [-0.15, -0.1) is 0 Å². The van der Waals surface area contributed by atoms with Gasteiger partial charge in [0.2, 0.25) is 0 Å². The molecule has 0 amide bonds. The van der Waals surface area contributed by atoms with Gasteiger partial charge in [-0.05, 0) is 38.5 Å². The number of aliphatic hydroxyl groups excluding tert-OH is 1. The normalized spacial score (nSPS) is 20.8. The van der Waals surface area contributed by atoms with Crippen LogP contribution < -0.4 is 4.90 Å². The zero-order valence-electron chi connectivity index (χ0n) is 11.1. The third-order valence-corrected chi connectivity index (χ3v) is 4.52. The molecule has 1 unspecified atom stereocenters. The molecule has 0 bridgehead atoms. The van der Waals surface area contributed by atoms with Gasteiger partial charge in [0.15, 0.2) is 0 Å². The van der Waals surface area contributed by atoms with Crippen LogP contribution in [-0.2, 0) is 0 Å². The molecule has 1 saturated heterocycles. The second-order valence-electron chi connectivity index (χ2n) is 5.42. The minimum atomic E-state index is -0.623. The number of rotatable bonds is 2. The maximum absolute atomic E-state index is 14.1. The molecular weight excluding hydrogens is 249 g/mol.